The van der Waals surface area contributed by atoms with Crippen molar-refractivity contribution in [2.45, 2.75) is 51.7 Å². The van der Waals surface area contributed by atoms with E-state index in [-0.39, 0.29) is 5.28 Å². The molecule has 0 bridgehead atoms. The van der Waals surface area contributed by atoms with Gasteiger partial charge in [0.05, 0.1) is 25.4 Å². The van der Waals surface area contributed by atoms with Crippen LogP contribution in [0.4, 0.5) is 5.82 Å². The molecule has 0 aliphatic carbocycles. The van der Waals surface area contributed by atoms with Crippen LogP contribution in [0.3, 0.4) is 0 Å². The summed E-state index contributed by atoms with van der Waals surface area (Å²) in [5.74, 6) is 2.14. The SMILES string of the molecule is CCC(O)(CC)C1CCN(Cc2nc3c(N4CCOCC4)nc(Cl)nc3n2C)CC1. The molecule has 9 heteroatoms. The van der Waals surface area contributed by atoms with Gasteiger partial charge in [-0.15, -0.1) is 0 Å². The van der Waals surface area contributed by atoms with Crippen molar-refractivity contribution in [2.75, 3.05) is 44.3 Å². The van der Waals surface area contributed by atoms with Gasteiger partial charge in [0.25, 0.3) is 0 Å². The van der Waals surface area contributed by atoms with Crippen LogP contribution in [0.5, 0.6) is 0 Å². The zero-order chi connectivity index (χ0) is 21.3. The monoisotopic (exact) mass is 436 g/mol. The lowest BCUT2D eigenvalue weighted by atomic mass is 9.77. The number of imidazole rings is 1. The number of halogens is 1. The molecule has 2 aromatic rings. The first-order chi connectivity index (χ1) is 14.4. The van der Waals surface area contributed by atoms with Crippen LogP contribution in [0.25, 0.3) is 11.2 Å². The third-order valence-corrected chi connectivity index (χ3v) is 7.18. The van der Waals surface area contributed by atoms with E-state index >= 15 is 0 Å². The molecule has 2 saturated heterocycles. The third-order valence-electron chi connectivity index (χ3n) is 7.01. The molecule has 0 aromatic carbocycles. The van der Waals surface area contributed by atoms with Crippen LogP contribution in [0, 0.1) is 5.92 Å². The lowest BCUT2D eigenvalue weighted by Gasteiger charge is -2.40. The van der Waals surface area contributed by atoms with Crippen molar-refractivity contribution < 1.29 is 9.84 Å². The molecule has 0 amide bonds. The van der Waals surface area contributed by atoms with E-state index in [9.17, 15) is 5.11 Å². The number of hydrogen-bond acceptors (Lipinski definition) is 7. The fraction of sp³-hybridized carbons (Fsp3) is 0.762. The van der Waals surface area contributed by atoms with Crippen LogP contribution in [0.15, 0.2) is 0 Å². The number of nitrogens with zero attached hydrogens (tertiary/aromatic N) is 6. The molecule has 0 saturated carbocycles. The molecule has 2 aromatic heterocycles. The Labute approximate surface area is 183 Å². The number of fused-ring (bicyclic) bond motifs is 1. The number of rotatable bonds is 6. The van der Waals surface area contributed by atoms with Crippen LogP contribution in [0.1, 0.15) is 45.4 Å². The van der Waals surface area contributed by atoms with E-state index in [0.717, 1.165) is 81.2 Å². The van der Waals surface area contributed by atoms with Gasteiger partial charge in [0.2, 0.25) is 5.28 Å². The zero-order valence-corrected chi connectivity index (χ0v) is 19.0. The lowest BCUT2D eigenvalue weighted by Crippen LogP contribution is -2.44. The average Bonchev–Trinajstić information content (AvgIpc) is 3.09. The van der Waals surface area contributed by atoms with Crippen LogP contribution >= 0.6 is 11.6 Å². The predicted molar refractivity (Wildman–Crippen MR) is 118 cm³/mol. The quantitative estimate of drug-likeness (QED) is 0.697. The van der Waals surface area contributed by atoms with E-state index in [2.05, 4.69) is 33.6 Å². The number of aliphatic hydroxyl groups is 1. The Morgan fingerprint density at radius 2 is 1.73 bits per heavy atom. The number of likely N-dealkylation sites (tertiary alicyclic amines) is 1. The Morgan fingerprint density at radius 1 is 1.07 bits per heavy atom. The molecule has 0 radical (unpaired) electrons. The summed E-state index contributed by atoms with van der Waals surface area (Å²) in [5.41, 5.74) is 1.05. The Bertz CT molecular complexity index is 870. The summed E-state index contributed by atoms with van der Waals surface area (Å²) in [5, 5.41) is 11.1. The normalized spacial score (nSPS) is 19.7. The maximum absolute atomic E-state index is 10.9. The van der Waals surface area contributed by atoms with Gasteiger partial charge in [-0.3, -0.25) is 4.90 Å². The number of ether oxygens (including phenoxy) is 1. The van der Waals surface area contributed by atoms with Gasteiger partial charge < -0.3 is 19.3 Å². The standard InChI is InChI=1S/C21H33ClN6O2/c1-4-21(29,5-2)15-6-8-27(9-7-15)14-16-23-17-18(26(16)3)24-20(22)25-19(17)28-10-12-30-13-11-28/h15,29H,4-14H2,1-3H3. The molecule has 4 rings (SSSR count). The Kier molecular flexibility index (Phi) is 6.48. The highest BCUT2D eigenvalue weighted by Gasteiger charge is 2.35. The van der Waals surface area contributed by atoms with Crippen LogP contribution in [0.2, 0.25) is 5.28 Å². The summed E-state index contributed by atoms with van der Waals surface area (Å²) in [7, 11) is 2.00. The molecule has 0 unspecified atom stereocenters. The van der Waals surface area contributed by atoms with E-state index in [4.69, 9.17) is 21.3 Å². The molecule has 1 N–H and O–H groups in total. The number of aromatic nitrogens is 4. The smallest absolute Gasteiger partial charge is 0.226 e. The first-order valence-electron chi connectivity index (χ1n) is 11.1. The lowest BCUT2D eigenvalue weighted by molar-refractivity contribution is -0.0499. The second-order valence-electron chi connectivity index (χ2n) is 8.54. The van der Waals surface area contributed by atoms with Gasteiger partial charge in [-0.25, -0.2) is 4.98 Å². The molecule has 30 heavy (non-hydrogen) atoms. The van der Waals surface area contributed by atoms with Crippen molar-refractivity contribution in [1.82, 2.24) is 24.4 Å². The second kappa shape index (κ2) is 8.94. The molecule has 4 heterocycles. The number of aryl methyl sites for hydroxylation is 1. The number of morpholine rings is 1. The summed E-state index contributed by atoms with van der Waals surface area (Å²) < 4.78 is 7.51. The summed E-state index contributed by atoms with van der Waals surface area (Å²) in [6.07, 6.45) is 3.69. The Morgan fingerprint density at radius 3 is 2.37 bits per heavy atom. The highest BCUT2D eigenvalue weighted by Crippen LogP contribution is 2.34. The fourth-order valence-corrected chi connectivity index (χ4v) is 5.02. The molecule has 2 aliphatic rings. The van der Waals surface area contributed by atoms with Crippen molar-refractivity contribution in [3.63, 3.8) is 0 Å². The van der Waals surface area contributed by atoms with Crippen LogP contribution in [-0.4, -0.2) is 74.5 Å². The minimum Gasteiger partial charge on any atom is -0.390 e. The minimum atomic E-state index is -0.524. The average molecular weight is 437 g/mol. The van der Waals surface area contributed by atoms with E-state index in [0.29, 0.717) is 19.1 Å². The first-order valence-corrected chi connectivity index (χ1v) is 11.5. The van der Waals surface area contributed by atoms with Gasteiger partial charge in [0.1, 0.15) is 5.82 Å². The van der Waals surface area contributed by atoms with Crippen LogP contribution < -0.4 is 4.90 Å². The molecular weight excluding hydrogens is 404 g/mol. The van der Waals surface area contributed by atoms with Crippen molar-refractivity contribution in [2.24, 2.45) is 13.0 Å². The largest absolute Gasteiger partial charge is 0.390 e. The molecule has 0 spiro atoms. The molecule has 166 valence electrons. The Hall–Kier alpha value is -1.48. The summed E-state index contributed by atoms with van der Waals surface area (Å²) in [4.78, 5) is 18.5. The van der Waals surface area contributed by atoms with Gasteiger partial charge in [0.15, 0.2) is 17.0 Å². The van der Waals surface area contributed by atoms with Gasteiger partial charge >= 0.3 is 0 Å². The van der Waals surface area contributed by atoms with Gasteiger partial charge in [-0.1, -0.05) is 13.8 Å². The highest BCUT2D eigenvalue weighted by atomic mass is 35.5. The maximum atomic E-state index is 10.9. The number of piperidine rings is 1. The molecule has 2 fully saturated rings. The van der Waals surface area contributed by atoms with Crippen molar-refractivity contribution in [1.29, 1.82) is 0 Å². The van der Waals surface area contributed by atoms with E-state index < -0.39 is 5.60 Å². The summed E-state index contributed by atoms with van der Waals surface area (Å²) in [6, 6.07) is 0. The maximum Gasteiger partial charge on any atom is 0.226 e. The first kappa shape index (κ1) is 21.7. The van der Waals surface area contributed by atoms with Crippen molar-refractivity contribution in [3.05, 3.63) is 11.1 Å². The molecule has 2 aliphatic heterocycles. The van der Waals surface area contributed by atoms with Crippen LogP contribution in [-0.2, 0) is 18.3 Å². The van der Waals surface area contributed by atoms with Gasteiger partial charge in [0, 0.05) is 20.1 Å². The number of anilines is 1. The van der Waals surface area contributed by atoms with E-state index in [1.54, 1.807) is 0 Å². The molecule has 8 nitrogen and oxygen atoms in total. The van der Waals surface area contributed by atoms with E-state index in [1.165, 1.54) is 0 Å². The topological polar surface area (TPSA) is 79.5 Å². The van der Waals surface area contributed by atoms with E-state index in [1.807, 2.05) is 11.6 Å². The molecule has 0 atom stereocenters. The second-order valence-corrected chi connectivity index (χ2v) is 8.87. The minimum absolute atomic E-state index is 0.248. The highest BCUT2D eigenvalue weighted by molar-refractivity contribution is 6.28. The Balaban J connectivity index is 1.52. The predicted octanol–water partition coefficient (Wildman–Crippen LogP) is 2.62. The van der Waals surface area contributed by atoms with Gasteiger partial charge in [-0.2, -0.15) is 9.97 Å². The summed E-state index contributed by atoms with van der Waals surface area (Å²) in [6.45, 7) is 9.80. The zero-order valence-electron chi connectivity index (χ0n) is 18.3. The number of hydrogen-bond donors (Lipinski definition) is 1. The summed E-state index contributed by atoms with van der Waals surface area (Å²) >= 11 is 6.25. The molecular formula is C21H33ClN6O2. The van der Waals surface area contributed by atoms with Gasteiger partial charge in [-0.05, 0) is 56.3 Å². The third kappa shape index (κ3) is 4.15. The fourth-order valence-electron chi connectivity index (χ4n) is 4.86. The van der Waals surface area contributed by atoms with Crippen molar-refractivity contribution >= 4 is 28.6 Å². The van der Waals surface area contributed by atoms with Crippen molar-refractivity contribution in [3.8, 4) is 0 Å².